The van der Waals surface area contributed by atoms with Crippen LogP contribution in [0.1, 0.15) is 17.9 Å². The first-order valence-corrected chi connectivity index (χ1v) is 8.36. The fourth-order valence-corrected chi connectivity index (χ4v) is 3.41. The Morgan fingerprint density at radius 2 is 1.71 bits per heavy atom. The molecule has 0 N–H and O–H groups in total. The fraction of sp³-hybridized carbons (Fsp3) is 0.400. The number of hydrogen-bond donors (Lipinski definition) is 0. The highest BCUT2D eigenvalue weighted by Crippen LogP contribution is 2.33. The van der Waals surface area contributed by atoms with Crippen molar-refractivity contribution in [2.45, 2.75) is 12.3 Å². The van der Waals surface area contributed by atoms with Crippen LogP contribution in [0.25, 0.3) is 0 Å². The van der Waals surface area contributed by atoms with Gasteiger partial charge in [0.05, 0.1) is 13.7 Å². The Kier molecular flexibility index (Phi) is 5.36. The van der Waals surface area contributed by atoms with E-state index < -0.39 is 0 Å². The van der Waals surface area contributed by atoms with Crippen LogP contribution < -0.4 is 9.47 Å². The van der Waals surface area contributed by atoms with Crippen LogP contribution in [0.2, 0.25) is 0 Å². The average molecular weight is 329 g/mol. The molecule has 3 nitrogen and oxygen atoms in total. The minimum absolute atomic E-state index is 0.183. The van der Waals surface area contributed by atoms with E-state index in [1.807, 2.05) is 36.4 Å². The van der Waals surface area contributed by atoms with Crippen LogP contribution in [0.4, 0.5) is 4.39 Å². The minimum atomic E-state index is -0.183. The second-order valence-electron chi connectivity index (χ2n) is 6.46. The summed E-state index contributed by atoms with van der Waals surface area (Å²) in [6, 6.07) is 14.6. The average Bonchev–Trinajstić information content (AvgIpc) is 2.61. The standard InChI is InChI=1S/C20H24FNO2/c1-22-12-11-20(15-3-5-17(21)6-4-15)16(13-22)14-24-19-9-7-18(23-2)8-10-19/h3-10,16,20H,11-14H2,1-2H3/t16-,20-/m1/s1. The van der Waals surface area contributed by atoms with Gasteiger partial charge in [0.2, 0.25) is 0 Å². The van der Waals surface area contributed by atoms with Crippen LogP contribution in [-0.2, 0) is 0 Å². The summed E-state index contributed by atoms with van der Waals surface area (Å²) in [5.41, 5.74) is 1.20. The van der Waals surface area contributed by atoms with Gasteiger partial charge >= 0.3 is 0 Å². The van der Waals surface area contributed by atoms with Crippen LogP contribution >= 0.6 is 0 Å². The van der Waals surface area contributed by atoms with E-state index in [9.17, 15) is 4.39 Å². The van der Waals surface area contributed by atoms with E-state index >= 15 is 0 Å². The van der Waals surface area contributed by atoms with E-state index in [0.29, 0.717) is 18.4 Å². The highest BCUT2D eigenvalue weighted by molar-refractivity contribution is 5.31. The third kappa shape index (κ3) is 4.06. The molecule has 1 fully saturated rings. The summed E-state index contributed by atoms with van der Waals surface area (Å²) in [5, 5.41) is 0. The van der Waals surface area contributed by atoms with Gasteiger partial charge in [-0.3, -0.25) is 0 Å². The van der Waals surface area contributed by atoms with Crippen LogP contribution in [-0.4, -0.2) is 38.8 Å². The molecule has 1 aliphatic heterocycles. The van der Waals surface area contributed by atoms with Crippen molar-refractivity contribution in [2.24, 2.45) is 5.92 Å². The first kappa shape index (κ1) is 16.8. The molecule has 0 aromatic heterocycles. The van der Waals surface area contributed by atoms with Gasteiger partial charge in [-0.25, -0.2) is 4.39 Å². The highest BCUT2D eigenvalue weighted by Gasteiger charge is 2.29. The molecule has 1 heterocycles. The van der Waals surface area contributed by atoms with Gasteiger partial charge in [-0.2, -0.15) is 0 Å². The molecule has 2 aromatic rings. The number of methoxy groups -OCH3 is 1. The second-order valence-corrected chi connectivity index (χ2v) is 6.46. The second kappa shape index (κ2) is 7.67. The lowest BCUT2D eigenvalue weighted by Crippen LogP contribution is -2.39. The molecule has 24 heavy (non-hydrogen) atoms. The van der Waals surface area contributed by atoms with Crippen molar-refractivity contribution in [1.82, 2.24) is 4.90 Å². The summed E-state index contributed by atoms with van der Waals surface area (Å²) in [7, 11) is 3.79. The minimum Gasteiger partial charge on any atom is -0.497 e. The zero-order chi connectivity index (χ0) is 16.9. The molecule has 0 unspecified atom stereocenters. The molecule has 0 spiro atoms. The van der Waals surface area contributed by atoms with Crippen LogP contribution in [0.3, 0.4) is 0 Å². The number of benzene rings is 2. The first-order chi connectivity index (χ1) is 11.7. The lowest BCUT2D eigenvalue weighted by atomic mass is 9.81. The molecule has 4 heteroatoms. The van der Waals surface area contributed by atoms with Crippen molar-refractivity contribution in [1.29, 1.82) is 0 Å². The van der Waals surface area contributed by atoms with Gasteiger partial charge in [-0.15, -0.1) is 0 Å². The van der Waals surface area contributed by atoms with Crippen molar-refractivity contribution in [3.63, 3.8) is 0 Å². The van der Waals surface area contributed by atoms with Crippen LogP contribution in [0, 0.1) is 11.7 Å². The maximum absolute atomic E-state index is 13.2. The number of nitrogens with zero attached hydrogens (tertiary/aromatic N) is 1. The van der Waals surface area contributed by atoms with E-state index in [2.05, 4.69) is 11.9 Å². The predicted molar refractivity (Wildman–Crippen MR) is 93.2 cm³/mol. The summed E-state index contributed by atoms with van der Waals surface area (Å²) >= 11 is 0. The molecular formula is C20H24FNO2. The molecule has 2 atom stereocenters. The van der Waals surface area contributed by atoms with Crippen molar-refractivity contribution >= 4 is 0 Å². The van der Waals surface area contributed by atoms with Gasteiger partial charge < -0.3 is 14.4 Å². The third-order valence-corrected chi connectivity index (χ3v) is 4.76. The number of likely N-dealkylation sites (tertiary alicyclic amines) is 1. The van der Waals surface area contributed by atoms with Crippen molar-refractivity contribution in [3.05, 3.63) is 59.9 Å². The topological polar surface area (TPSA) is 21.7 Å². The third-order valence-electron chi connectivity index (χ3n) is 4.76. The van der Waals surface area contributed by atoms with Gasteiger partial charge in [0.15, 0.2) is 0 Å². The summed E-state index contributed by atoms with van der Waals surface area (Å²) in [5.74, 6) is 2.28. The lowest BCUT2D eigenvalue weighted by molar-refractivity contribution is 0.129. The monoisotopic (exact) mass is 329 g/mol. The quantitative estimate of drug-likeness (QED) is 0.829. The Balaban J connectivity index is 1.68. The van der Waals surface area contributed by atoms with E-state index in [4.69, 9.17) is 9.47 Å². The molecule has 1 saturated heterocycles. The summed E-state index contributed by atoms with van der Waals surface area (Å²) < 4.78 is 24.4. The molecule has 0 bridgehead atoms. The van der Waals surface area contributed by atoms with E-state index in [1.165, 1.54) is 5.56 Å². The molecule has 2 aromatic carbocycles. The lowest BCUT2D eigenvalue weighted by Gasteiger charge is -2.37. The summed E-state index contributed by atoms with van der Waals surface area (Å²) in [6.45, 7) is 2.69. The number of halogens is 1. The number of piperidine rings is 1. The molecule has 0 amide bonds. The molecular weight excluding hydrogens is 305 g/mol. The van der Waals surface area contributed by atoms with E-state index in [-0.39, 0.29) is 5.82 Å². The van der Waals surface area contributed by atoms with E-state index in [0.717, 1.165) is 31.0 Å². The summed E-state index contributed by atoms with van der Waals surface area (Å²) in [4.78, 5) is 2.34. The first-order valence-electron chi connectivity index (χ1n) is 8.36. The molecule has 0 aliphatic carbocycles. The Morgan fingerprint density at radius 3 is 2.38 bits per heavy atom. The van der Waals surface area contributed by atoms with Gasteiger partial charge in [-0.05, 0) is 67.9 Å². The maximum atomic E-state index is 13.2. The fourth-order valence-electron chi connectivity index (χ4n) is 3.41. The molecule has 0 saturated carbocycles. The largest absolute Gasteiger partial charge is 0.497 e. The highest BCUT2D eigenvalue weighted by atomic mass is 19.1. The maximum Gasteiger partial charge on any atom is 0.123 e. The van der Waals surface area contributed by atoms with Crippen molar-refractivity contribution in [3.8, 4) is 11.5 Å². The summed E-state index contributed by atoms with van der Waals surface area (Å²) in [6.07, 6.45) is 1.07. The Morgan fingerprint density at radius 1 is 1.04 bits per heavy atom. The van der Waals surface area contributed by atoms with E-state index in [1.54, 1.807) is 19.2 Å². The molecule has 128 valence electrons. The number of rotatable bonds is 5. The van der Waals surface area contributed by atoms with Gasteiger partial charge in [0.1, 0.15) is 17.3 Å². The Bertz CT molecular complexity index is 642. The van der Waals surface area contributed by atoms with Gasteiger partial charge in [0.25, 0.3) is 0 Å². The zero-order valence-electron chi connectivity index (χ0n) is 14.2. The molecule has 0 radical (unpaired) electrons. The number of hydrogen-bond acceptors (Lipinski definition) is 3. The predicted octanol–water partition coefficient (Wildman–Crippen LogP) is 3.95. The van der Waals surface area contributed by atoms with Crippen LogP contribution in [0.5, 0.6) is 11.5 Å². The molecule has 3 rings (SSSR count). The van der Waals surface area contributed by atoms with Crippen LogP contribution in [0.15, 0.2) is 48.5 Å². The Hall–Kier alpha value is -2.07. The normalized spacial score (nSPS) is 21.5. The molecule has 1 aliphatic rings. The SMILES string of the molecule is COc1ccc(OC[C@H]2CN(C)CC[C@@H]2c2ccc(F)cc2)cc1. The number of ether oxygens (including phenoxy) is 2. The van der Waals surface area contributed by atoms with Gasteiger partial charge in [-0.1, -0.05) is 12.1 Å². The smallest absolute Gasteiger partial charge is 0.123 e. The van der Waals surface area contributed by atoms with Crippen molar-refractivity contribution in [2.75, 3.05) is 33.9 Å². The zero-order valence-corrected chi connectivity index (χ0v) is 14.2. The van der Waals surface area contributed by atoms with Gasteiger partial charge in [0, 0.05) is 12.5 Å². The van der Waals surface area contributed by atoms with Crippen molar-refractivity contribution < 1.29 is 13.9 Å². The Labute approximate surface area is 143 Å².